The van der Waals surface area contributed by atoms with Gasteiger partial charge in [0, 0.05) is 42.8 Å². The van der Waals surface area contributed by atoms with Gasteiger partial charge in [0.1, 0.15) is 11.3 Å². The molecule has 1 aliphatic heterocycles. The first kappa shape index (κ1) is 22.4. The summed E-state index contributed by atoms with van der Waals surface area (Å²) in [7, 11) is 3.10. The smallest absolute Gasteiger partial charge is 0.227 e. The summed E-state index contributed by atoms with van der Waals surface area (Å²) >= 11 is 0. The number of fused-ring (bicyclic) bond motifs is 1. The van der Waals surface area contributed by atoms with Gasteiger partial charge >= 0.3 is 0 Å². The van der Waals surface area contributed by atoms with Crippen LogP contribution in [-0.2, 0) is 9.59 Å². The molecule has 1 fully saturated rings. The van der Waals surface area contributed by atoms with Crippen molar-refractivity contribution < 1.29 is 23.8 Å². The minimum atomic E-state index is -0.395. The molecule has 1 saturated heterocycles. The van der Waals surface area contributed by atoms with Crippen LogP contribution in [0.15, 0.2) is 54.7 Å². The highest BCUT2D eigenvalue weighted by Gasteiger charge is 2.35. The molecule has 4 rings (SSSR count). The number of anilines is 1. The molecule has 0 saturated carbocycles. The number of carbonyl (C=O) groups is 2. The summed E-state index contributed by atoms with van der Waals surface area (Å²) < 4.78 is 16.4. The van der Waals surface area contributed by atoms with Crippen LogP contribution < -0.4 is 24.4 Å². The van der Waals surface area contributed by atoms with Gasteiger partial charge in [0.25, 0.3) is 0 Å². The quantitative estimate of drug-likeness (QED) is 0.505. The minimum Gasteiger partial charge on any atom is -0.493 e. The number of rotatable bonds is 9. The summed E-state index contributed by atoms with van der Waals surface area (Å²) in [5, 5.41) is 3.94. The number of carbonyl (C=O) groups excluding carboxylic acids is 2. The second-order valence-corrected chi connectivity index (χ2v) is 7.77. The topological polar surface area (TPSA) is 90.0 Å². The van der Waals surface area contributed by atoms with Crippen molar-refractivity contribution in [3.63, 3.8) is 0 Å². The maximum absolute atomic E-state index is 12.6. The van der Waals surface area contributed by atoms with Crippen LogP contribution in [0.2, 0.25) is 0 Å². The molecule has 0 radical (unpaired) electrons. The third-order valence-corrected chi connectivity index (χ3v) is 5.65. The molecule has 0 spiro atoms. The van der Waals surface area contributed by atoms with Gasteiger partial charge in [0.05, 0.1) is 26.7 Å². The standard InChI is InChI=1S/C25H27N3O5/c1-31-20-10-9-19(15-22(20)32-2)28-16-18(14-23(28)29)25(30)27-12-5-13-33-21-8-3-6-17-7-4-11-26-24(17)21/h3-4,6-11,15,18H,5,12-14,16H2,1-2H3,(H,27,30). The van der Waals surface area contributed by atoms with E-state index in [1.54, 1.807) is 43.5 Å². The normalized spacial score (nSPS) is 15.5. The molecule has 0 bridgehead atoms. The van der Waals surface area contributed by atoms with Gasteiger partial charge in [-0.2, -0.15) is 0 Å². The Morgan fingerprint density at radius 3 is 2.73 bits per heavy atom. The molecule has 2 heterocycles. The minimum absolute atomic E-state index is 0.0887. The molecular weight excluding hydrogens is 422 g/mol. The predicted octanol–water partition coefficient (Wildman–Crippen LogP) is 3.19. The fourth-order valence-corrected chi connectivity index (χ4v) is 3.93. The lowest BCUT2D eigenvalue weighted by Gasteiger charge is -2.18. The molecule has 8 heteroatoms. The van der Waals surface area contributed by atoms with Crippen LogP contribution in [0, 0.1) is 5.92 Å². The average molecular weight is 450 g/mol. The summed E-state index contributed by atoms with van der Waals surface area (Å²) in [4.78, 5) is 31.1. The van der Waals surface area contributed by atoms with E-state index < -0.39 is 5.92 Å². The summed E-state index contributed by atoms with van der Waals surface area (Å²) in [5.74, 6) is 1.24. The van der Waals surface area contributed by atoms with E-state index >= 15 is 0 Å². The highest BCUT2D eigenvalue weighted by Crippen LogP contribution is 2.34. The number of nitrogens with one attached hydrogen (secondary N) is 1. The van der Waals surface area contributed by atoms with Gasteiger partial charge in [-0.1, -0.05) is 18.2 Å². The molecule has 2 aromatic carbocycles. The number of para-hydroxylation sites is 1. The molecule has 1 N–H and O–H groups in total. The highest BCUT2D eigenvalue weighted by molar-refractivity contribution is 6.00. The van der Waals surface area contributed by atoms with Crippen molar-refractivity contribution in [3.05, 3.63) is 54.7 Å². The van der Waals surface area contributed by atoms with Crippen molar-refractivity contribution in [1.82, 2.24) is 10.3 Å². The molecule has 8 nitrogen and oxygen atoms in total. The number of nitrogens with zero attached hydrogens (tertiary/aromatic N) is 2. The van der Waals surface area contributed by atoms with Crippen LogP contribution in [-0.4, -0.2) is 50.7 Å². The van der Waals surface area contributed by atoms with Crippen LogP contribution in [0.4, 0.5) is 5.69 Å². The summed E-state index contributed by atoms with van der Waals surface area (Å²) in [6.45, 7) is 1.26. The second-order valence-electron chi connectivity index (χ2n) is 7.77. The number of amides is 2. The fraction of sp³-hybridized carbons (Fsp3) is 0.320. The van der Waals surface area contributed by atoms with Crippen molar-refractivity contribution in [1.29, 1.82) is 0 Å². The first-order valence-corrected chi connectivity index (χ1v) is 10.9. The molecule has 1 aliphatic rings. The summed E-state index contributed by atoms with van der Waals surface area (Å²) in [5.41, 5.74) is 1.51. The van der Waals surface area contributed by atoms with Gasteiger partial charge < -0.3 is 24.4 Å². The van der Waals surface area contributed by atoms with Crippen molar-refractivity contribution in [2.75, 3.05) is 38.8 Å². The molecule has 33 heavy (non-hydrogen) atoms. The zero-order valence-corrected chi connectivity index (χ0v) is 18.7. The number of hydrogen-bond acceptors (Lipinski definition) is 6. The van der Waals surface area contributed by atoms with Gasteiger partial charge in [0.2, 0.25) is 11.8 Å². The Balaban J connectivity index is 1.26. The third-order valence-electron chi connectivity index (χ3n) is 5.65. The monoisotopic (exact) mass is 449 g/mol. The maximum atomic E-state index is 12.6. The van der Waals surface area contributed by atoms with E-state index in [0.717, 1.165) is 16.7 Å². The van der Waals surface area contributed by atoms with Crippen LogP contribution in [0.5, 0.6) is 17.2 Å². The van der Waals surface area contributed by atoms with E-state index in [4.69, 9.17) is 14.2 Å². The first-order chi connectivity index (χ1) is 16.1. The summed E-state index contributed by atoms with van der Waals surface area (Å²) in [6, 6.07) is 15.0. The maximum Gasteiger partial charge on any atom is 0.227 e. The molecule has 2 amide bonds. The number of aromatic nitrogens is 1. The third kappa shape index (κ3) is 5.00. The number of hydrogen-bond donors (Lipinski definition) is 1. The molecule has 0 aliphatic carbocycles. The van der Waals surface area contributed by atoms with E-state index in [0.29, 0.717) is 43.3 Å². The molecule has 1 atom stereocenters. The lowest BCUT2D eigenvalue weighted by molar-refractivity contribution is -0.126. The Morgan fingerprint density at radius 1 is 1.09 bits per heavy atom. The van der Waals surface area contributed by atoms with E-state index in [1.165, 1.54) is 0 Å². The van der Waals surface area contributed by atoms with Crippen LogP contribution in [0.25, 0.3) is 10.9 Å². The highest BCUT2D eigenvalue weighted by atomic mass is 16.5. The van der Waals surface area contributed by atoms with Crippen LogP contribution >= 0.6 is 0 Å². The number of benzene rings is 2. The van der Waals surface area contributed by atoms with Gasteiger partial charge in [0.15, 0.2) is 11.5 Å². The summed E-state index contributed by atoms with van der Waals surface area (Å²) in [6.07, 6.45) is 2.57. The van der Waals surface area contributed by atoms with Crippen molar-refractivity contribution in [3.8, 4) is 17.2 Å². The fourth-order valence-electron chi connectivity index (χ4n) is 3.93. The molecule has 172 valence electrons. The van der Waals surface area contributed by atoms with Crippen LogP contribution in [0.1, 0.15) is 12.8 Å². The van der Waals surface area contributed by atoms with Gasteiger partial charge in [-0.05, 0) is 30.7 Å². The number of ether oxygens (including phenoxy) is 3. The Hall–Kier alpha value is -3.81. The molecule has 1 unspecified atom stereocenters. The van der Waals surface area contributed by atoms with Crippen molar-refractivity contribution in [2.24, 2.45) is 5.92 Å². The predicted molar refractivity (Wildman–Crippen MR) is 125 cm³/mol. The largest absolute Gasteiger partial charge is 0.493 e. The lowest BCUT2D eigenvalue weighted by Crippen LogP contribution is -2.34. The van der Waals surface area contributed by atoms with Crippen molar-refractivity contribution >= 4 is 28.4 Å². The zero-order chi connectivity index (χ0) is 23.2. The van der Waals surface area contributed by atoms with Crippen LogP contribution in [0.3, 0.4) is 0 Å². The first-order valence-electron chi connectivity index (χ1n) is 10.9. The number of pyridine rings is 1. The van der Waals surface area contributed by atoms with E-state index in [9.17, 15) is 9.59 Å². The number of methoxy groups -OCH3 is 2. The van der Waals surface area contributed by atoms with E-state index in [1.807, 2.05) is 30.3 Å². The van der Waals surface area contributed by atoms with E-state index in [-0.39, 0.29) is 18.2 Å². The van der Waals surface area contributed by atoms with Crippen molar-refractivity contribution in [2.45, 2.75) is 12.8 Å². The average Bonchev–Trinajstić information content (AvgIpc) is 3.25. The molecular formula is C25H27N3O5. The van der Waals surface area contributed by atoms with Gasteiger partial charge in [-0.15, -0.1) is 0 Å². The molecule has 3 aromatic rings. The lowest BCUT2D eigenvalue weighted by atomic mass is 10.1. The van der Waals surface area contributed by atoms with Gasteiger partial charge in [-0.25, -0.2) is 0 Å². The Morgan fingerprint density at radius 2 is 1.91 bits per heavy atom. The Bertz CT molecular complexity index is 1140. The molecule has 1 aromatic heterocycles. The van der Waals surface area contributed by atoms with Gasteiger partial charge in [-0.3, -0.25) is 14.6 Å². The van der Waals surface area contributed by atoms with E-state index in [2.05, 4.69) is 10.3 Å². The SMILES string of the molecule is COc1ccc(N2CC(C(=O)NCCCOc3cccc4cccnc34)CC2=O)cc1OC. The second kappa shape index (κ2) is 10.2. The Labute approximate surface area is 192 Å². The zero-order valence-electron chi connectivity index (χ0n) is 18.7. The Kier molecular flexibility index (Phi) is 6.92.